The average Bonchev–Trinajstić information content (AvgIpc) is 3.60. The molecule has 0 saturated carbocycles. The zero-order valence-electron chi connectivity index (χ0n) is 28.3. The van der Waals surface area contributed by atoms with Crippen LogP contribution in [0.5, 0.6) is 0 Å². The van der Waals surface area contributed by atoms with Gasteiger partial charge in [-0.2, -0.15) is 0 Å². The Kier molecular flexibility index (Phi) is 7.14. The first kappa shape index (κ1) is 29.9. The van der Waals surface area contributed by atoms with Crippen molar-refractivity contribution in [2.45, 2.75) is 0 Å². The van der Waals surface area contributed by atoms with Crippen LogP contribution in [0.2, 0.25) is 0 Å². The zero-order chi connectivity index (χ0) is 34.4. The third kappa shape index (κ3) is 5.19. The SMILES string of the molecule is c1ccc(-c2ccc(N(c3ccc(-c4cc5oc6ccccc6c5cn4)cc3)c3ccc(-c4cc5ccccc5c5ccccc45)cc3)cc2)cc1. The smallest absolute Gasteiger partial charge is 0.139 e. The highest BCUT2D eigenvalue weighted by Crippen LogP contribution is 2.40. The molecule has 0 fully saturated rings. The van der Waals surface area contributed by atoms with E-state index in [0.29, 0.717) is 0 Å². The van der Waals surface area contributed by atoms with Crippen LogP contribution in [0, 0.1) is 0 Å². The van der Waals surface area contributed by atoms with Crippen molar-refractivity contribution in [2.75, 3.05) is 4.90 Å². The van der Waals surface area contributed by atoms with E-state index in [-0.39, 0.29) is 0 Å². The molecule has 0 aliphatic heterocycles. The van der Waals surface area contributed by atoms with E-state index in [2.05, 4.69) is 169 Å². The van der Waals surface area contributed by atoms with Gasteiger partial charge in [-0.15, -0.1) is 0 Å². The summed E-state index contributed by atoms with van der Waals surface area (Å²) in [5, 5.41) is 7.16. The fraction of sp³-hybridized carbons (Fsp3) is 0. The molecule has 3 heteroatoms. The number of benzene rings is 8. The number of para-hydroxylation sites is 1. The molecule has 244 valence electrons. The molecule has 10 rings (SSSR count). The fourth-order valence-corrected chi connectivity index (χ4v) is 7.52. The Morgan fingerprint density at radius 1 is 0.365 bits per heavy atom. The molecule has 2 aromatic heterocycles. The lowest BCUT2D eigenvalue weighted by Crippen LogP contribution is -2.09. The minimum Gasteiger partial charge on any atom is -0.456 e. The number of hydrogen-bond donors (Lipinski definition) is 0. The molecular formula is C49H32N2O. The molecular weight excluding hydrogens is 633 g/mol. The molecule has 0 N–H and O–H groups in total. The molecule has 0 radical (unpaired) electrons. The van der Waals surface area contributed by atoms with Gasteiger partial charge in [-0.25, -0.2) is 0 Å². The summed E-state index contributed by atoms with van der Waals surface area (Å²) in [5.41, 5.74) is 11.7. The maximum absolute atomic E-state index is 6.17. The van der Waals surface area contributed by atoms with Crippen LogP contribution in [-0.4, -0.2) is 4.98 Å². The Morgan fingerprint density at radius 3 is 1.62 bits per heavy atom. The summed E-state index contributed by atoms with van der Waals surface area (Å²) in [4.78, 5) is 7.15. The molecule has 0 unspecified atom stereocenters. The van der Waals surface area contributed by atoms with Gasteiger partial charge in [0.05, 0.1) is 5.69 Å². The first-order chi connectivity index (χ1) is 25.8. The van der Waals surface area contributed by atoms with Crippen LogP contribution in [0.4, 0.5) is 17.1 Å². The number of hydrogen-bond acceptors (Lipinski definition) is 3. The molecule has 0 aliphatic carbocycles. The second-order valence-electron chi connectivity index (χ2n) is 13.2. The first-order valence-corrected chi connectivity index (χ1v) is 17.6. The summed E-state index contributed by atoms with van der Waals surface area (Å²) in [6.07, 6.45) is 1.92. The predicted molar refractivity (Wildman–Crippen MR) is 218 cm³/mol. The lowest BCUT2D eigenvalue weighted by Gasteiger charge is -2.26. The molecule has 0 bridgehead atoms. The van der Waals surface area contributed by atoms with Crippen LogP contribution < -0.4 is 4.90 Å². The van der Waals surface area contributed by atoms with Crippen molar-refractivity contribution in [1.29, 1.82) is 0 Å². The number of fused-ring (bicyclic) bond motifs is 6. The van der Waals surface area contributed by atoms with Gasteiger partial charge in [0, 0.05) is 45.7 Å². The largest absolute Gasteiger partial charge is 0.456 e. The van der Waals surface area contributed by atoms with Gasteiger partial charge in [0.1, 0.15) is 11.2 Å². The summed E-state index contributed by atoms with van der Waals surface area (Å²) >= 11 is 0. The maximum Gasteiger partial charge on any atom is 0.139 e. The Labute approximate surface area is 301 Å². The van der Waals surface area contributed by atoms with Crippen molar-refractivity contribution >= 4 is 60.5 Å². The third-order valence-electron chi connectivity index (χ3n) is 10.1. The minimum atomic E-state index is 0.842. The van der Waals surface area contributed by atoms with Gasteiger partial charge < -0.3 is 9.32 Å². The van der Waals surface area contributed by atoms with Crippen LogP contribution >= 0.6 is 0 Å². The summed E-state index contributed by atoms with van der Waals surface area (Å²) < 4.78 is 6.17. The van der Waals surface area contributed by atoms with Crippen molar-refractivity contribution in [3.8, 4) is 33.5 Å². The number of pyridine rings is 1. The summed E-state index contributed by atoms with van der Waals surface area (Å²) in [6, 6.07) is 66.8. The highest BCUT2D eigenvalue weighted by atomic mass is 16.3. The van der Waals surface area contributed by atoms with Crippen LogP contribution in [0.15, 0.2) is 199 Å². The summed E-state index contributed by atoms with van der Waals surface area (Å²) in [5.74, 6) is 0. The minimum absolute atomic E-state index is 0.842. The number of furan rings is 1. The molecule has 10 aromatic rings. The van der Waals surface area contributed by atoms with Crippen LogP contribution in [0.1, 0.15) is 0 Å². The second kappa shape index (κ2) is 12.4. The quantitative estimate of drug-likeness (QED) is 0.166. The van der Waals surface area contributed by atoms with Crippen molar-refractivity contribution in [2.24, 2.45) is 0 Å². The van der Waals surface area contributed by atoms with Crippen LogP contribution in [0.3, 0.4) is 0 Å². The van der Waals surface area contributed by atoms with E-state index in [1.165, 1.54) is 43.8 Å². The van der Waals surface area contributed by atoms with E-state index in [1.54, 1.807) is 0 Å². The van der Waals surface area contributed by atoms with Crippen molar-refractivity contribution in [1.82, 2.24) is 4.98 Å². The van der Waals surface area contributed by atoms with E-state index < -0.39 is 0 Å². The predicted octanol–water partition coefficient (Wildman–Crippen LogP) is 13.8. The fourth-order valence-electron chi connectivity index (χ4n) is 7.52. The van der Waals surface area contributed by atoms with E-state index in [1.807, 2.05) is 30.5 Å². The number of aromatic nitrogens is 1. The topological polar surface area (TPSA) is 29.3 Å². The molecule has 0 aliphatic rings. The van der Waals surface area contributed by atoms with E-state index >= 15 is 0 Å². The maximum atomic E-state index is 6.17. The second-order valence-corrected chi connectivity index (χ2v) is 13.2. The molecule has 0 amide bonds. The third-order valence-corrected chi connectivity index (χ3v) is 10.1. The molecule has 0 atom stereocenters. The van der Waals surface area contributed by atoms with Gasteiger partial charge in [0.15, 0.2) is 0 Å². The van der Waals surface area contributed by atoms with Gasteiger partial charge in [0.25, 0.3) is 0 Å². The summed E-state index contributed by atoms with van der Waals surface area (Å²) in [6.45, 7) is 0. The van der Waals surface area contributed by atoms with Gasteiger partial charge in [-0.1, -0.05) is 133 Å². The monoisotopic (exact) mass is 664 g/mol. The standard InChI is InChI=1S/C49H32N2O/c1-2-10-33(11-3-1)34-18-24-38(25-19-34)51(40-28-22-36(23-29-40)47-31-49-46(32-50-47)44-16-8-9-17-48(44)52-49)39-26-20-35(21-27-39)45-30-37-12-4-5-13-41(37)42-14-6-7-15-43(42)45/h1-32H. The van der Waals surface area contributed by atoms with Gasteiger partial charge in [-0.05, 0) is 92.3 Å². The normalized spacial score (nSPS) is 11.5. The van der Waals surface area contributed by atoms with Gasteiger partial charge >= 0.3 is 0 Å². The Morgan fingerprint density at radius 2 is 0.904 bits per heavy atom. The number of rotatable bonds is 6. The Balaban J connectivity index is 1.05. The molecule has 0 spiro atoms. The Bertz CT molecular complexity index is 2870. The lowest BCUT2D eigenvalue weighted by atomic mass is 9.93. The first-order valence-electron chi connectivity index (χ1n) is 17.6. The van der Waals surface area contributed by atoms with E-state index in [4.69, 9.17) is 9.40 Å². The van der Waals surface area contributed by atoms with E-state index in [9.17, 15) is 0 Å². The lowest BCUT2D eigenvalue weighted by molar-refractivity contribution is 0.668. The highest BCUT2D eigenvalue weighted by molar-refractivity contribution is 6.13. The molecule has 52 heavy (non-hydrogen) atoms. The van der Waals surface area contributed by atoms with Crippen LogP contribution in [-0.2, 0) is 0 Å². The molecule has 0 saturated heterocycles. The van der Waals surface area contributed by atoms with Gasteiger partial charge in [0.2, 0.25) is 0 Å². The highest BCUT2D eigenvalue weighted by Gasteiger charge is 2.16. The zero-order valence-corrected chi connectivity index (χ0v) is 28.3. The van der Waals surface area contributed by atoms with Gasteiger partial charge in [-0.3, -0.25) is 4.98 Å². The van der Waals surface area contributed by atoms with Crippen molar-refractivity contribution in [3.05, 3.63) is 194 Å². The average molecular weight is 665 g/mol. The van der Waals surface area contributed by atoms with Crippen molar-refractivity contribution < 1.29 is 4.42 Å². The number of nitrogens with zero attached hydrogens (tertiary/aromatic N) is 2. The van der Waals surface area contributed by atoms with Crippen molar-refractivity contribution in [3.63, 3.8) is 0 Å². The van der Waals surface area contributed by atoms with E-state index in [0.717, 1.165) is 50.3 Å². The molecule has 3 nitrogen and oxygen atoms in total. The summed E-state index contributed by atoms with van der Waals surface area (Å²) in [7, 11) is 0. The number of anilines is 3. The molecule has 8 aromatic carbocycles. The van der Waals surface area contributed by atoms with Crippen LogP contribution in [0.25, 0.3) is 77.0 Å². The molecule has 2 heterocycles. The Hall–Kier alpha value is -6.97.